The first-order chi connectivity index (χ1) is 9.74. The van der Waals surface area contributed by atoms with E-state index in [1.165, 1.54) is 55.0 Å². The summed E-state index contributed by atoms with van der Waals surface area (Å²) in [7, 11) is 0. The van der Waals surface area contributed by atoms with Gasteiger partial charge in [-0.1, -0.05) is 60.3 Å². The SMILES string of the molecule is CC1CCCCCC1NC1CC(c2ccccc2Br)C1. The molecule has 2 unspecified atom stereocenters. The second kappa shape index (κ2) is 6.62. The van der Waals surface area contributed by atoms with E-state index in [-0.39, 0.29) is 0 Å². The molecule has 20 heavy (non-hydrogen) atoms. The monoisotopic (exact) mass is 335 g/mol. The van der Waals surface area contributed by atoms with Crippen molar-refractivity contribution in [1.82, 2.24) is 5.32 Å². The molecule has 1 N–H and O–H groups in total. The van der Waals surface area contributed by atoms with Gasteiger partial charge in [-0.15, -0.1) is 0 Å². The molecule has 1 aromatic rings. The third kappa shape index (κ3) is 3.28. The van der Waals surface area contributed by atoms with Crippen LogP contribution in [-0.4, -0.2) is 12.1 Å². The highest BCUT2D eigenvalue weighted by Gasteiger charge is 2.33. The van der Waals surface area contributed by atoms with Gasteiger partial charge in [0.1, 0.15) is 0 Å². The van der Waals surface area contributed by atoms with Gasteiger partial charge in [0, 0.05) is 16.6 Å². The lowest BCUT2D eigenvalue weighted by atomic mass is 9.75. The molecule has 2 fully saturated rings. The number of halogens is 1. The maximum absolute atomic E-state index is 3.95. The Morgan fingerprint density at radius 1 is 1.05 bits per heavy atom. The van der Waals surface area contributed by atoms with Crippen LogP contribution in [-0.2, 0) is 0 Å². The van der Waals surface area contributed by atoms with Crippen molar-refractivity contribution in [2.24, 2.45) is 5.92 Å². The minimum absolute atomic E-state index is 0.748. The Kier molecular flexibility index (Phi) is 4.83. The Labute approximate surface area is 131 Å². The predicted molar refractivity (Wildman–Crippen MR) is 89.1 cm³/mol. The Morgan fingerprint density at radius 3 is 2.60 bits per heavy atom. The highest BCUT2D eigenvalue weighted by Crippen LogP contribution is 2.40. The molecule has 2 aliphatic carbocycles. The molecule has 0 heterocycles. The van der Waals surface area contributed by atoms with Crippen molar-refractivity contribution in [3.05, 3.63) is 34.3 Å². The molecular formula is C18H26BrN. The van der Waals surface area contributed by atoms with E-state index in [9.17, 15) is 0 Å². The molecule has 0 radical (unpaired) electrons. The van der Waals surface area contributed by atoms with Crippen molar-refractivity contribution in [1.29, 1.82) is 0 Å². The lowest BCUT2D eigenvalue weighted by Gasteiger charge is -2.40. The molecular weight excluding hydrogens is 310 g/mol. The minimum Gasteiger partial charge on any atom is -0.311 e. The molecule has 2 aliphatic rings. The molecule has 3 rings (SSSR count). The molecule has 0 amide bonds. The summed E-state index contributed by atoms with van der Waals surface area (Å²) in [5.74, 6) is 1.61. The average molecular weight is 336 g/mol. The maximum atomic E-state index is 3.95. The first kappa shape index (κ1) is 14.6. The van der Waals surface area contributed by atoms with Crippen LogP contribution in [0.2, 0.25) is 0 Å². The van der Waals surface area contributed by atoms with E-state index in [2.05, 4.69) is 52.4 Å². The van der Waals surface area contributed by atoms with Gasteiger partial charge in [0.2, 0.25) is 0 Å². The van der Waals surface area contributed by atoms with Crippen molar-refractivity contribution in [3.8, 4) is 0 Å². The van der Waals surface area contributed by atoms with Gasteiger partial charge in [-0.2, -0.15) is 0 Å². The fourth-order valence-electron chi connectivity index (χ4n) is 3.86. The number of hydrogen-bond acceptors (Lipinski definition) is 1. The van der Waals surface area contributed by atoms with Crippen molar-refractivity contribution in [2.75, 3.05) is 0 Å². The van der Waals surface area contributed by atoms with E-state index >= 15 is 0 Å². The van der Waals surface area contributed by atoms with E-state index in [1.54, 1.807) is 0 Å². The fourth-order valence-corrected chi connectivity index (χ4v) is 4.47. The van der Waals surface area contributed by atoms with Gasteiger partial charge in [-0.3, -0.25) is 0 Å². The van der Waals surface area contributed by atoms with Gasteiger partial charge in [0.25, 0.3) is 0 Å². The van der Waals surface area contributed by atoms with Crippen LogP contribution < -0.4 is 5.32 Å². The summed E-state index contributed by atoms with van der Waals surface area (Å²) in [6.45, 7) is 2.44. The fraction of sp³-hybridized carbons (Fsp3) is 0.667. The molecule has 110 valence electrons. The second-order valence-electron chi connectivity index (χ2n) is 6.78. The molecule has 0 aromatic heterocycles. The van der Waals surface area contributed by atoms with Crippen LogP contribution in [0, 0.1) is 5.92 Å². The topological polar surface area (TPSA) is 12.0 Å². The zero-order chi connectivity index (χ0) is 13.9. The molecule has 0 spiro atoms. The van der Waals surface area contributed by atoms with E-state index in [0.717, 1.165) is 23.9 Å². The van der Waals surface area contributed by atoms with Crippen LogP contribution in [0.4, 0.5) is 0 Å². The van der Waals surface area contributed by atoms with Gasteiger partial charge in [0.05, 0.1) is 0 Å². The molecule has 1 aromatic carbocycles. The van der Waals surface area contributed by atoms with Gasteiger partial charge >= 0.3 is 0 Å². The van der Waals surface area contributed by atoms with E-state index < -0.39 is 0 Å². The Morgan fingerprint density at radius 2 is 1.80 bits per heavy atom. The molecule has 1 nitrogen and oxygen atoms in total. The average Bonchev–Trinajstić information content (AvgIpc) is 2.60. The number of nitrogens with one attached hydrogen (secondary N) is 1. The van der Waals surface area contributed by atoms with Crippen LogP contribution in [0.1, 0.15) is 63.4 Å². The highest BCUT2D eigenvalue weighted by molar-refractivity contribution is 9.10. The molecule has 0 aliphatic heterocycles. The van der Waals surface area contributed by atoms with Crippen molar-refractivity contribution < 1.29 is 0 Å². The number of benzene rings is 1. The third-order valence-electron chi connectivity index (χ3n) is 5.29. The molecule has 2 heteroatoms. The molecule has 0 saturated heterocycles. The van der Waals surface area contributed by atoms with Crippen molar-refractivity contribution >= 4 is 15.9 Å². The minimum atomic E-state index is 0.748. The first-order valence-corrected chi connectivity index (χ1v) is 9.04. The van der Waals surface area contributed by atoms with Crippen LogP contribution in [0.15, 0.2) is 28.7 Å². The maximum Gasteiger partial charge on any atom is 0.0210 e. The summed E-state index contributed by atoms with van der Waals surface area (Å²) in [4.78, 5) is 0. The van der Waals surface area contributed by atoms with Crippen LogP contribution in [0.25, 0.3) is 0 Å². The van der Waals surface area contributed by atoms with Crippen molar-refractivity contribution in [3.63, 3.8) is 0 Å². The second-order valence-corrected chi connectivity index (χ2v) is 7.63. The van der Waals surface area contributed by atoms with Crippen LogP contribution >= 0.6 is 15.9 Å². The summed E-state index contributed by atoms with van der Waals surface area (Å²) < 4.78 is 1.28. The van der Waals surface area contributed by atoms with Crippen LogP contribution in [0.3, 0.4) is 0 Å². The van der Waals surface area contributed by atoms with E-state index in [1.807, 2.05) is 0 Å². The quantitative estimate of drug-likeness (QED) is 0.743. The first-order valence-electron chi connectivity index (χ1n) is 8.24. The predicted octanol–water partition coefficient (Wildman–Crippen LogP) is 5.25. The van der Waals surface area contributed by atoms with Gasteiger partial charge in [-0.25, -0.2) is 0 Å². The standard InChI is InChI=1S/C18H26BrN/c1-13-7-3-2-4-10-18(13)20-15-11-14(12-15)16-8-5-6-9-17(16)19/h5-6,8-9,13-15,18,20H,2-4,7,10-12H2,1H3. The summed E-state index contributed by atoms with van der Waals surface area (Å²) in [5.41, 5.74) is 1.50. The van der Waals surface area contributed by atoms with Gasteiger partial charge in [-0.05, 0) is 49.1 Å². The van der Waals surface area contributed by atoms with Crippen molar-refractivity contribution in [2.45, 2.75) is 69.9 Å². The third-order valence-corrected chi connectivity index (χ3v) is 6.02. The summed E-state index contributed by atoms with van der Waals surface area (Å²) in [6.07, 6.45) is 9.71. The van der Waals surface area contributed by atoms with E-state index in [4.69, 9.17) is 0 Å². The zero-order valence-electron chi connectivity index (χ0n) is 12.4. The lowest BCUT2D eigenvalue weighted by Crippen LogP contribution is -2.47. The van der Waals surface area contributed by atoms with Gasteiger partial charge < -0.3 is 5.32 Å². The summed E-state index contributed by atoms with van der Waals surface area (Å²) in [6, 6.07) is 10.2. The zero-order valence-corrected chi connectivity index (χ0v) is 14.0. The summed E-state index contributed by atoms with van der Waals surface area (Å²) >= 11 is 3.69. The molecule has 0 bridgehead atoms. The summed E-state index contributed by atoms with van der Waals surface area (Å²) in [5, 5.41) is 3.95. The molecule has 2 saturated carbocycles. The Bertz CT molecular complexity index is 439. The molecule has 2 atom stereocenters. The van der Waals surface area contributed by atoms with E-state index in [0.29, 0.717) is 0 Å². The van der Waals surface area contributed by atoms with Crippen LogP contribution in [0.5, 0.6) is 0 Å². The smallest absolute Gasteiger partial charge is 0.0210 e. The Hall–Kier alpha value is -0.340. The van der Waals surface area contributed by atoms with Gasteiger partial charge in [0.15, 0.2) is 0 Å². The lowest BCUT2D eigenvalue weighted by molar-refractivity contribution is 0.228. The Balaban J connectivity index is 1.52. The number of hydrogen-bond donors (Lipinski definition) is 1. The normalized spacial score (nSPS) is 34.3. The highest BCUT2D eigenvalue weighted by atomic mass is 79.9. The number of rotatable bonds is 3. The largest absolute Gasteiger partial charge is 0.311 e.